The predicted octanol–water partition coefficient (Wildman–Crippen LogP) is 7.73. The predicted molar refractivity (Wildman–Crippen MR) is 172 cm³/mol. The Bertz CT molecular complexity index is 1700. The second-order valence-electron chi connectivity index (χ2n) is 13.1. The van der Waals surface area contributed by atoms with Gasteiger partial charge in [-0.25, -0.2) is 9.97 Å². The van der Waals surface area contributed by atoms with E-state index in [0.717, 1.165) is 79.0 Å². The van der Waals surface area contributed by atoms with Gasteiger partial charge in [-0.15, -0.1) is 11.3 Å². The molecule has 3 aromatic heterocycles. The summed E-state index contributed by atoms with van der Waals surface area (Å²) in [6.45, 7) is 7.12. The van der Waals surface area contributed by atoms with Crippen LogP contribution in [0.1, 0.15) is 80.0 Å². The minimum absolute atomic E-state index is 0.169. The van der Waals surface area contributed by atoms with Crippen LogP contribution in [-0.2, 0) is 19.5 Å². The van der Waals surface area contributed by atoms with E-state index in [2.05, 4.69) is 45.3 Å². The summed E-state index contributed by atoms with van der Waals surface area (Å²) in [6, 6.07) is 10.3. The van der Waals surface area contributed by atoms with E-state index < -0.39 is 18.2 Å². The normalized spacial score (nSPS) is 18.0. The van der Waals surface area contributed by atoms with Crippen molar-refractivity contribution in [3.63, 3.8) is 0 Å². The maximum Gasteiger partial charge on any atom is 0.393 e. The number of likely N-dealkylation sites (tertiary alicyclic amines) is 1. The molecular formula is C34H41F3N6OS. The molecule has 6 rings (SSSR count). The Labute approximate surface area is 266 Å². The van der Waals surface area contributed by atoms with Crippen LogP contribution in [0.15, 0.2) is 30.6 Å². The van der Waals surface area contributed by atoms with Gasteiger partial charge in [-0.05, 0) is 67.9 Å². The first kappa shape index (κ1) is 31.8. The fourth-order valence-corrected chi connectivity index (χ4v) is 7.75. The first-order chi connectivity index (χ1) is 21.5. The number of aliphatic hydroxyl groups is 1. The molecule has 1 aliphatic carbocycles. The van der Waals surface area contributed by atoms with Crippen LogP contribution in [0.4, 0.5) is 19.0 Å². The van der Waals surface area contributed by atoms with Crippen molar-refractivity contribution < 1.29 is 18.3 Å². The first-order valence-corrected chi connectivity index (χ1v) is 16.9. The molecule has 2 N–H and O–H groups in total. The van der Waals surface area contributed by atoms with Crippen molar-refractivity contribution in [1.82, 2.24) is 19.4 Å². The van der Waals surface area contributed by atoms with Crippen molar-refractivity contribution in [2.75, 3.05) is 18.4 Å². The van der Waals surface area contributed by atoms with E-state index in [1.165, 1.54) is 31.2 Å². The van der Waals surface area contributed by atoms with Gasteiger partial charge in [0, 0.05) is 41.5 Å². The Kier molecular flexibility index (Phi) is 9.10. The summed E-state index contributed by atoms with van der Waals surface area (Å²) in [5, 5.41) is 26.6. The smallest absolute Gasteiger partial charge is 0.388 e. The van der Waals surface area contributed by atoms with Gasteiger partial charge in [-0.1, -0.05) is 38.7 Å². The maximum absolute atomic E-state index is 12.9. The topological polar surface area (TPSA) is 90.0 Å². The van der Waals surface area contributed by atoms with Gasteiger partial charge in [0.2, 0.25) is 0 Å². The van der Waals surface area contributed by atoms with Crippen LogP contribution >= 0.6 is 11.3 Å². The Hall–Kier alpha value is -3.20. The quantitative estimate of drug-likeness (QED) is 0.165. The number of anilines is 1. The third-order valence-corrected chi connectivity index (χ3v) is 10.8. The molecule has 45 heavy (non-hydrogen) atoms. The number of alkyl halides is 3. The van der Waals surface area contributed by atoms with Crippen LogP contribution in [0, 0.1) is 24.2 Å². The van der Waals surface area contributed by atoms with Crippen LogP contribution in [-0.4, -0.2) is 55.5 Å². The van der Waals surface area contributed by atoms with Gasteiger partial charge in [0.05, 0.1) is 24.0 Å². The number of fused-ring (bicyclic) bond motifs is 2. The Morgan fingerprint density at radius 1 is 1.11 bits per heavy atom. The second kappa shape index (κ2) is 12.9. The third-order valence-electron chi connectivity index (χ3n) is 9.72. The summed E-state index contributed by atoms with van der Waals surface area (Å²) >= 11 is 1.07. The average Bonchev–Trinajstić information content (AvgIpc) is 3.63. The number of hydrogen-bond acceptors (Lipinski definition) is 7. The van der Waals surface area contributed by atoms with E-state index in [0.29, 0.717) is 34.7 Å². The molecule has 2 aliphatic rings. The minimum Gasteiger partial charge on any atom is -0.388 e. The minimum atomic E-state index is -4.26. The standard InChI is InChI=1S/C34H41F3N6OS/c1-3-33(44,12-4-5-23-6-7-23)20-43-26(18-38)15-28-22(2)24(8-9-30(28)43)19-42-13-10-25(11-14-42)41-31-29-16-27(17-34(35,36)37)45-32(29)40-21-39-31/h8-9,15-16,21,23,25,44H,3-7,10-14,17,19-20H2,1-2H3,(H,39,40,41). The largest absolute Gasteiger partial charge is 0.393 e. The van der Waals surface area contributed by atoms with E-state index in [1.807, 2.05) is 17.6 Å². The first-order valence-electron chi connectivity index (χ1n) is 16.1. The number of rotatable bonds is 12. The van der Waals surface area contributed by atoms with E-state index in [-0.39, 0.29) is 10.9 Å². The van der Waals surface area contributed by atoms with Gasteiger partial charge < -0.3 is 15.0 Å². The number of aryl methyl sites for hydroxylation is 1. The zero-order valence-electron chi connectivity index (χ0n) is 26.0. The number of nitrogens with zero attached hydrogens (tertiary/aromatic N) is 5. The molecule has 0 spiro atoms. The molecule has 1 unspecified atom stereocenters. The summed E-state index contributed by atoms with van der Waals surface area (Å²) in [5.41, 5.74) is 3.13. The monoisotopic (exact) mass is 638 g/mol. The maximum atomic E-state index is 12.9. The van der Waals surface area contributed by atoms with Crippen LogP contribution in [0.3, 0.4) is 0 Å². The fourth-order valence-electron chi connectivity index (χ4n) is 6.72. The molecule has 0 amide bonds. The van der Waals surface area contributed by atoms with E-state index in [9.17, 15) is 23.5 Å². The van der Waals surface area contributed by atoms with Gasteiger partial charge >= 0.3 is 6.18 Å². The highest BCUT2D eigenvalue weighted by Crippen LogP contribution is 2.37. The number of nitrogens with one attached hydrogen (secondary N) is 1. The molecule has 0 radical (unpaired) electrons. The highest BCUT2D eigenvalue weighted by molar-refractivity contribution is 7.18. The summed E-state index contributed by atoms with van der Waals surface area (Å²) in [5.74, 6) is 1.44. The van der Waals surface area contributed by atoms with Crippen molar-refractivity contribution in [3.05, 3.63) is 52.3 Å². The third kappa shape index (κ3) is 7.45. The molecule has 2 fully saturated rings. The van der Waals surface area contributed by atoms with Crippen molar-refractivity contribution in [1.29, 1.82) is 5.26 Å². The lowest BCUT2D eigenvalue weighted by Gasteiger charge is -2.33. The lowest BCUT2D eigenvalue weighted by Crippen LogP contribution is -2.39. The molecule has 1 aromatic carbocycles. The highest BCUT2D eigenvalue weighted by Gasteiger charge is 2.31. The van der Waals surface area contributed by atoms with Crippen LogP contribution in [0.2, 0.25) is 0 Å². The second-order valence-corrected chi connectivity index (χ2v) is 14.2. The molecule has 240 valence electrons. The Morgan fingerprint density at radius 2 is 1.89 bits per heavy atom. The van der Waals surface area contributed by atoms with Gasteiger partial charge in [0.15, 0.2) is 0 Å². The molecule has 1 saturated carbocycles. The Balaban J connectivity index is 1.10. The van der Waals surface area contributed by atoms with Crippen molar-refractivity contribution in [3.8, 4) is 6.07 Å². The zero-order valence-corrected chi connectivity index (χ0v) is 26.8. The van der Waals surface area contributed by atoms with Crippen LogP contribution in [0.25, 0.3) is 21.1 Å². The number of aromatic nitrogens is 3. The molecule has 1 aliphatic heterocycles. The van der Waals surface area contributed by atoms with Crippen molar-refractivity contribution in [2.45, 2.75) is 103 Å². The van der Waals surface area contributed by atoms with Gasteiger partial charge in [0.25, 0.3) is 0 Å². The van der Waals surface area contributed by atoms with E-state index >= 15 is 0 Å². The molecule has 11 heteroatoms. The molecule has 1 atom stereocenters. The number of benzene rings is 1. The number of piperidine rings is 1. The number of nitriles is 1. The fraction of sp³-hybridized carbons (Fsp3) is 0.559. The summed E-state index contributed by atoms with van der Waals surface area (Å²) in [6.07, 6.45) is 4.22. The van der Waals surface area contributed by atoms with E-state index in [1.54, 1.807) is 6.07 Å². The van der Waals surface area contributed by atoms with Gasteiger partial charge in [0.1, 0.15) is 28.7 Å². The van der Waals surface area contributed by atoms with E-state index in [4.69, 9.17) is 0 Å². The van der Waals surface area contributed by atoms with Crippen molar-refractivity contribution in [2.24, 2.45) is 5.92 Å². The summed E-state index contributed by atoms with van der Waals surface area (Å²) in [4.78, 5) is 11.8. The number of thiophene rings is 1. The zero-order chi connectivity index (χ0) is 31.8. The summed E-state index contributed by atoms with van der Waals surface area (Å²) in [7, 11) is 0. The van der Waals surface area contributed by atoms with Crippen molar-refractivity contribution >= 4 is 38.3 Å². The molecule has 4 aromatic rings. The number of halogens is 3. The van der Waals surface area contributed by atoms with Gasteiger partial charge in [-0.3, -0.25) is 4.90 Å². The Morgan fingerprint density at radius 3 is 2.58 bits per heavy atom. The van der Waals surface area contributed by atoms with Crippen LogP contribution in [0.5, 0.6) is 0 Å². The molecule has 4 heterocycles. The van der Waals surface area contributed by atoms with Crippen LogP contribution < -0.4 is 5.32 Å². The lowest BCUT2D eigenvalue weighted by atomic mass is 9.92. The molecule has 1 saturated heterocycles. The highest BCUT2D eigenvalue weighted by atomic mass is 32.1. The van der Waals surface area contributed by atoms with Gasteiger partial charge in [-0.2, -0.15) is 18.4 Å². The number of hydrogen-bond donors (Lipinski definition) is 2. The summed E-state index contributed by atoms with van der Waals surface area (Å²) < 4.78 is 40.8. The molecule has 7 nitrogen and oxygen atoms in total. The lowest BCUT2D eigenvalue weighted by molar-refractivity contribution is -0.126. The average molecular weight is 639 g/mol. The SMILES string of the molecule is CCC(O)(CCCC1CC1)Cn1c(C#N)cc2c(C)c(CN3CCC(Nc4ncnc5sc(CC(F)(F)F)cc45)CC3)ccc21. The molecular weight excluding hydrogens is 597 g/mol. The molecule has 0 bridgehead atoms.